The molecule has 4 nitrogen and oxygen atoms in total. The summed E-state index contributed by atoms with van der Waals surface area (Å²) in [5.41, 5.74) is 6.52. The molecular formula is C14H20FN3O. The van der Waals surface area contributed by atoms with Crippen LogP contribution in [0.5, 0.6) is 5.75 Å². The number of methoxy groups -OCH3 is 1. The maximum atomic E-state index is 14.0. The van der Waals surface area contributed by atoms with E-state index in [1.807, 2.05) is 0 Å². The summed E-state index contributed by atoms with van der Waals surface area (Å²) in [7, 11) is 1.54. The summed E-state index contributed by atoms with van der Waals surface area (Å²) >= 11 is 0. The quantitative estimate of drug-likeness (QED) is 0.820. The number of ether oxygens (including phenoxy) is 1. The van der Waals surface area contributed by atoms with Gasteiger partial charge in [0.05, 0.1) is 18.5 Å². The summed E-state index contributed by atoms with van der Waals surface area (Å²) < 4.78 is 19.1. The number of rotatable bonds is 3. The lowest BCUT2D eigenvalue weighted by molar-refractivity contribution is 0.0974. The van der Waals surface area contributed by atoms with Crippen LogP contribution < -0.4 is 15.8 Å². The summed E-state index contributed by atoms with van der Waals surface area (Å²) in [6, 6.07) is 3.30. The van der Waals surface area contributed by atoms with Crippen LogP contribution in [0.2, 0.25) is 0 Å². The van der Waals surface area contributed by atoms with Crippen LogP contribution in [-0.2, 0) is 0 Å². The molecule has 3 N–H and O–H groups in total. The van der Waals surface area contributed by atoms with E-state index in [0.29, 0.717) is 29.1 Å². The van der Waals surface area contributed by atoms with Gasteiger partial charge in [-0.05, 0) is 31.8 Å². The summed E-state index contributed by atoms with van der Waals surface area (Å²) in [6.07, 6.45) is 2.40. The molecule has 3 heterocycles. The van der Waals surface area contributed by atoms with Gasteiger partial charge in [-0.1, -0.05) is 0 Å². The Bertz CT molecular complexity index is 472. The van der Waals surface area contributed by atoms with Crippen LogP contribution in [0.15, 0.2) is 12.1 Å². The molecule has 0 aliphatic carbocycles. The molecule has 3 aliphatic rings. The third-order valence-electron chi connectivity index (χ3n) is 4.32. The number of nitrogen functional groups attached to an aromatic ring is 1. The number of hydrogen-bond acceptors (Lipinski definition) is 4. The molecule has 3 fully saturated rings. The molecule has 3 saturated heterocycles. The zero-order chi connectivity index (χ0) is 13.4. The van der Waals surface area contributed by atoms with E-state index in [0.717, 1.165) is 6.54 Å². The normalized spacial score (nSPS) is 29.3. The summed E-state index contributed by atoms with van der Waals surface area (Å²) in [4.78, 5) is 2.43. The van der Waals surface area contributed by atoms with E-state index in [4.69, 9.17) is 10.5 Å². The van der Waals surface area contributed by atoms with E-state index < -0.39 is 0 Å². The van der Waals surface area contributed by atoms with Gasteiger partial charge < -0.3 is 20.7 Å². The smallest absolute Gasteiger partial charge is 0.148 e. The molecule has 1 aromatic rings. The number of anilines is 2. The van der Waals surface area contributed by atoms with E-state index in [9.17, 15) is 4.39 Å². The van der Waals surface area contributed by atoms with E-state index in [1.165, 1.54) is 32.0 Å². The Morgan fingerprint density at radius 3 is 2.68 bits per heavy atom. The van der Waals surface area contributed by atoms with Crippen LogP contribution >= 0.6 is 0 Å². The highest BCUT2D eigenvalue weighted by atomic mass is 19.1. The molecule has 2 bridgehead atoms. The first-order chi connectivity index (χ1) is 9.17. The van der Waals surface area contributed by atoms with Gasteiger partial charge in [-0.2, -0.15) is 0 Å². The van der Waals surface area contributed by atoms with Gasteiger partial charge in [-0.25, -0.2) is 4.39 Å². The second-order valence-corrected chi connectivity index (χ2v) is 5.46. The monoisotopic (exact) mass is 265 g/mol. The topological polar surface area (TPSA) is 50.5 Å². The third kappa shape index (κ3) is 2.34. The molecule has 1 aromatic carbocycles. The first kappa shape index (κ1) is 12.5. The number of halogens is 1. The zero-order valence-corrected chi connectivity index (χ0v) is 11.2. The Morgan fingerprint density at radius 1 is 1.37 bits per heavy atom. The number of nitrogens with two attached hydrogens (primary N) is 1. The minimum absolute atomic E-state index is 0.310. The van der Waals surface area contributed by atoms with Crippen molar-refractivity contribution in [1.82, 2.24) is 4.90 Å². The number of nitrogens with one attached hydrogen (secondary N) is 1. The SMILES string of the molecule is COc1cc(NC2CN3CCC2CC3)c(F)cc1N. The van der Waals surface area contributed by atoms with Gasteiger partial charge in [0.1, 0.15) is 11.6 Å². The van der Waals surface area contributed by atoms with E-state index in [-0.39, 0.29) is 5.82 Å². The van der Waals surface area contributed by atoms with Crippen LogP contribution in [0.3, 0.4) is 0 Å². The van der Waals surface area contributed by atoms with Gasteiger partial charge in [0.15, 0.2) is 0 Å². The first-order valence-corrected chi connectivity index (χ1v) is 6.79. The van der Waals surface area contributed by atoms with E-state index in [2.05, 4.69) is 10.2 Å². The molecule has 0 aromatic heterocycles. The molecule has 104 valence electrons. The molecule has 19 heavy (non-hydrogen) atoms. The number of benzene rings is 1. The largest absolute Gasteiger partial charge is 0.495 e. The number of fused-ring (bicyclic) bond motifs is 3. The number of hydrogen-bond donors (Lipinski definition) is 2. The lowest BCUT2D eigenvalue weighted by atomic mass is 9.84. The average molecular weight is 265 g/mol. The van der Waals surface area contributed by atoms with Gasteiger partial charge in [-0.3, -0.25) is 0 Å². The van der Waals surface area contributed by atoms with Crippen molar-refractivity contribution in [3.05, 3.63) is 17.9 Å². The predicted molar refractivity (Wildman–Crippen MR) is 73.9 cm³/mol. The molecule has 0 spiro atoms. The lowest BCUT2D eigenvalue weighted by Crippen LogP contribution is -2.53. The van der Waals surface area contributed by atoms with Crippen molar-refractivity contribution in [3.63, 3.8) is 0 Å². The van der Waals surface area contributed by atoms with Crippen molar-refractivity contribution in [2.75, 3.05) is 37.8 Å². The standard InChI is InChI=1S/C14H20FN3O/c1-19-14-7-12(10(15)6-11(14)16)17-13-8-18-4-2-9(13)3-5-18/h6-7,9,13,17H,2-5,8,16H2,1H3. The minimum atomic E-state index is -0.310. The van der Waals surface area contributed by atoms with Gasteiger partial charge in [-0.15, -0.1) is 0 Å². The second-order valence-electron chi connectivity index (χ2n) is 5.46. The second kappa shape index (κ2) is 4.89. The van der Waals surface area contributed by atoms with Crippen LogP contribution in [0.25, 0.3) is 0 Å². The summed E-state index contributed by atoms with van der Waals surface area (Å²) in [5, 5.41) is 3.33. The molecule has 5 heteroatoms. The van der Waals surface area contributed by atoms with Gasteiger partial charge in [0.2, 0.25) is 0 Å². The molecular weight excluding hydrogens is 245 g/mol. The van der Waals surface area contributed by atoms with Crippen molar-refractivity contribution in [1.29, 1.82) is 0 Å². The molecule has 0 amide bonds. The van der Waals surface area contributed by atoms with Crippen molar-refractivity contribution in [2.24, 2.45) is 5.92 Å². The van der Waals surface area contributed by atoms with Crippen LogP contribution in [0.1, 0.15) is 12.8 Å². The van der Waals surface area contributed by atoms with Crippen molar-refractivity contribution < 1.29 is 9.13 Å². The molecule has 4 rings (SSSR count). The molecule has 0 saturated carbocycles. The van der Waals surface area contributed by atoms with Crippen LogP contribution in [0.4, 0.5) is 15.8 Å². The highest BCUT2D eigenvalue weighted by Gasteiger charge is 2.34. The van der Waals surface area contributed by atoms with Crippen molar-refractivity contribution in [2.45, 2.75) is 18.9 Å². The fourth-order valence-electron chi connectivity index (χ4n) is 3.18. The van der Waals surface area contributed by atoms with E-state index >= 15 is 0 Å². The lowest BCUT2D eigenvalue weighted by Gasteiger charge is -2.45. The average Bonchev–Trinajstić information content (AvgIpc) is 2.43. The van der Waals surface area contributed by atoms with Crippen molar-refractivity contribution in [3.8, 4) is 5.75 Å². The number of nitrogens with zero attached hydrogens (tertiary/aromatic N) is 1. The van der Waals surface area contributed by atoms with E-state index in [1.54, 1.807) is 13.2 Å². The number of piperidine rings is 3. The van der Waals surface area contributed by atoms with Gasteiger partial charge in [0.25, 0.3) is 0 Å². The highest BCUT2D eigenvalue weighted by Crippen LogP contribution is 2.33. The maximum absolute atomic E-state index is 14.0. The molecule has 1 atom stereocenters. The Morgan fingerprint density at radius 2 is 2.11 bits per heavy atom. The van der Waals surface area contributed by atoms with Crippen LogP contribution in [0, 0.1) is 11.7 Å². The molecule has 0 radical (unpaired) electrons. The van der Waals surface area contributed by atoms with Gasteiger partial charge in [0, 0.05) is 24.7 Å². The van der Waals surface area contributed by atoms with Crippen LogP contribution in [-0.4, -0.2) is 37.7 Å². The molecule has 3 aliphatic heterocycles. The Kier molecular flexibility index (Phi) is 3.22. The predicted octanol–water partition coefficient (Wildman–Crippen LogP) is 1.92. The first-order valence-electron chi connectivity index (χ1n) is 6.79. The fourth-order valence-corrected chi connectivity index (χ4v) is 3.18. The fraction of sp³-hybridized carbons (Fsp3) is 0.571. The highest BCUT2D eigenvalue weighted by molar-refractivity contribution is 5.62. The summed E-state index contributed by atoms with van der Waals surface area (Å²) in [6.45, 7) is 3.35. The minimum Gasteiger partial charge on any atom is -0.495 e. The van der Waals surface area contributed by atoms with Crippen molar-refractivity contribution >= 4 is 11.4 Å². The van der Waals surface area contributed by atoms with Gasteiger partial charge >= 0.3 is 0 Å². The maximum Gasteiger partial charge on any atom is 0.148 e. The zero-order valence-electron chi connectivity index (χ0n) is 11.2. The Hall–Kier alpha value is -1.49. The Labute approximate surface area is 112 Å². The Balaban J connectivity index is 1.79. The molecule has 1 unspecified atom stereocenters. The third-order valence-corrected chi connectivity index (χ3v) is 4.32. The summed E-state index contributed by atoms with van der Waals surface area (Å²) in [5.74, 6) is 0.855.